The molecule has 1 saturated carbocycles. The van der Waals surface area contributed by atoms with Crippen molar-refractivity contribution in [1.82, 2.24) is 10.3 Å². The van der Waals surface area contributed by atoms with Gasteiger partial charge in [-0.05, 0) is 12.8 Å². The topological polar surface area (TPSA) is 45.1 Å². The molecular weight excluding hydrogens is 172 g/mol. The summed E-state index contributed by atoms with van der Waals surface area (Å²) in [6.45, 7) is 0.165. The number of nitrogens with zero attached hydrogens (tertiary/aromatic N) is 1. The van der Waals surface area contributed by atoms with Gasteiger partial charge in [-0.2, -0.15) is 0 Å². The first kappa shape index (κ1) is 8.16. The number of hydrogen-bond donors (Lipinski definition) is 2. The average molecular weight is 184 g/mol. The van der Waals surface area contributed by atoms with Crippen LogP contribution in [-0.4, -0.2) is 22.7 Å². The summed E-state index contributed by atoms with van der Waals surface area (Å²) in [5.41, 5.74) is 1.80. The van der Waals surface area contributed by atoms with Crippen LogP contribution >= 0.6 is 11.3 Å². The fourth-order valence-corrected chi connectivity index (χ4v) is 1.83. The third-order valence-electron chi connectivity index (χ3n) is 1.99. The second kappa shape index (κ2) is 3.51. The minimum Gasteiger partial charge on any atom is -0.394 e. The summed E-state index contributed by atoms with van der Waals surface area (Å²) >= 11 is 1.59. The minimum absolute atomic E-state index is 0.102. The Morgan fingerprint density at radius 1 is 1.75 bits per heavy atom. The van der Waals surface area contributed by atoms with Gasteiger partial charge in [0.05, 0.1) is 18.2 Å². The molecule has 1 atom stereocenters. The van der Waals surface area contributed by atoms with E-state index >= 15 is 0 Å². The van der Waals surface area contributed by atoms with Gasteiger partial charge < -0.3 is 10.4 Å². The summed E-state index contributed by atoms with van der Waals surface area (Å²) in [5, 5.41) is 12.5. The molecule has 1 heterocycles. The Balaban J connectivity index is 1.97. The van der Waals surface area contributed by atoms with E-state index < -0.39 is 0 Å². The van der Waals surface area contributed by atoms with Crippen LogP contribution in [0.2, 0.25) is 0 Å². The molecule has 0 bridgehead atoms. The van der Waals surface area contributed by atoms with E-state index in [9.17, 15) is 0 Å². The molecule has 0 aromatic carbocycles. The summed E-state index contributed by atoms with van der Waals surface area (Å²) < 4.78 is 0. The van der Waals surface area contributed by atoms with Gasteiger partial charge in [0.15, 0.2) is 0 Å². The highest BCUT2D eigenvalue weighted by Crippen LogP contribution is 2.25. The third-order valence-corrected chi connectivity index (χ3v) is 2.88. The molecular formula is C8H12N2OS. The van der Waals surface area contributed by atoms with Crippen LogP contribution < -0.4 is 5.32 Å². The summed E-state index contributed by atoms with van der Waals surface area (Å²) in [5.74, 6) is 0. The van der Waals surface area contributed by atoms with Crippen LogP contribution in [0.4, 0.5) is 0 Å². The van der Waals surface area contributed by atoms with Crippen molar-refractivity contribution in [3.8, 4) is 0 Å². The maximum absolute atomic E-state index is 9.09. The molecule has 0 saturated heterocycles. The summed E-state index contributed by atoms with van der Waals surface area (Å²) in [6, 6.07) is 0.731. The lowest BCUT2D eigenvalue weighted by molar-refractivity contribution is 0.245. The second-order valence-electron chi connectivity index (χ2n) is 3.08. The second-order valence-corrected chi connectivity index (χ2v) is 4.00. The van der Waals surface area contributed by atoms with Crippen molar-refractivity contribution in [3.05, 3.63) is 16.6 Å². The molecule has 1 aromatic heterocycles. The van der Waals surface area contributed by atoms with Crippen molar-refractivity contribution in [2.75, 3.05) is 6.61 Å². The van der Waals surface area contributed by atoms with Gasteiger partial charge in [0.1, 0.15) is 0 Å². The highest BCUT2D eigenvalue weighted by Gasteiger charge is 2.25. The highest BCUT2D eigenvalue weighted by molar-refractivity contribution is 7.09. The van der Waals surface area contributed by atoms with Crippen LogP contribution in [0.15, 0.2) is 11.7 Å². The minimum atomic E-state index is 0.102. The third kappa shape index (κ3) is 1.83. The van der Waals surface area contributed by atoms with Crippen LogP contribution in [0.3, 0.4) is 0 Å². The van der Waals surface area contributed by atoms with Gasteiger partial charge in [-0.3, -0.25) is 4.98 Å². The van der Waals surface area contributed by atoms with Gasteiger partial charge in [-0.1, -0.05) is 0 Å². The molecule has 12 heavy (non-hydrogen) atoms. The maximum Gasteiger partial charge on any atom is 0.0794 e. The van der Waals surface area contributed by atoms with Crippen molar-refractivity contribution in [3.63, 3.8) is 0 Å². The van der Waals surface area contributed by atoms with Crippen LogP contribution in [0.25, 0.3) is 0 Å². The van der Waals surface area contributed by atoms with Gasteiger partial charge in [-0.15, -0.1) is 11.3 Å². The maximum atomic E-state index is 9.09. The molecule has 1 fully saturated rings. The Bertz CT molecular complexity index is 233. The first-order valence-corrected chi connectivity index (χ1v) is 5.03. The average Bonchev–Trinajstić information content (AvgIpc) is 2.74. The highest BCUT2D eigenvalue weighted by atomic mass is 32.1. The fourth-order valence-electron chi connectivity index (χ4n) is 1.16. The first-order valence-electron chi connectivity index (χ1n) is 4.15. The van der Waals surface area contributed by atoms with Gasteiger partial charge in [-0.25, -0.2) is 0 Å². The molecule has 0 amide bonds. The number of rotatable bonds is 4. The largest absolute Gasteiger partial charge is 0.394 e. The molecule has 2 rings (SSSR count). The Morgan fingerprint density at radius 2 is 2.58 bits per heavy atom. The monoisotopic (exact) mass is 184 g/mol. The number of thiazole rings is 1. The van der Waals surface area contributed by atoms with E-state index in [1.807, 2.05) is 6.20 Å². The number of aliphatic hydroxyl groups is 1. The lowest BCUT2D eigenvalue weighted by Crippen LogP contribution is -2.25. The summed E-state index contributed by atoms with van der Waals surface area (Å²) in [6.07, 6.45) is 4.31. The van der Waals surface area contributed by atoms with Gasteiger partial charge in [0.25, 0.3) is 0 Å². The number of hydrogen-bond acceptors (Lipinski definition) is 4. The molecule has 0 radical (unpaired) electrons. The van der Waals surface area contributed by atoms with Crippen molar-refractivity contribution in [2.24, 2.45) is 0 Å². The van der Waals surface area contributed by atoms with E-state index in [-0.39, 0.29) is 12.6 Å². The van der Waals surface area contributed by atoms with Gasteiger partial charge in [0.2, 0.25) is 0 Å². The molecule has 0 aliphatic heterocycles. The molecule has 0 spiro atoms. The Morgan fingerprint density at radius 3 is 3.08 bits per heavy atom. The van der Waals surface area contributed by atoms with Gasteiger partial charge >= 0.3 is 0 Å². The predicted octanol–water partition coefficient (Wildman–Crippen LogP) is 0.929. The zero-order valence-corrected chi connectivity index (χ0v) is 7.55. The van der Waals surface area contributed by atoms with Crippen molar-refractivity contribution >= 4 is 11.3 Å². The molecule has 3 nitrogen and oxygen atoms in total. The van der Waals surface area contributed by atoms with E-state index in [0.29, 0.717) is 6.04 Å². The quantitative estimate of drug-likeness (QED) is 0.731. The number of aliphatic hydroxyl groups excluding tert-OH is 1. The van der Waals surface area contributed by atoms with Crippen LogP contribution in [0.5, 0.6) is 0 Å². The lowest BCUT2D eigenvalue weighted by Gasteiger charge is -2.12. The van der Waals surface area contributed by atoms with Crippen LogP contribution in [0, 0.1) is 0 Å². The first-order chi connectivity index (χ1) is 5.90. The molecule has 1 aliphatic rings. The molecule has 1 unspecified atom stereocenters. The van der Waals surface area contributed by atoms with Crippen molar-refractivity contribution in [1.29, 1.82) is 0 Å². The lowest BCUT2D eigenvalue weighted by atomic mass is 10.3. The van der Waals surface area contributed by atoms with E-state index in [4.69, 9.17) is 5.11 Å². The predicted molar refractivity (Wildman–Crippen MR) is 48.1 cm³/mol. The molecule has 2 N–H and O–H groups in total. The summed E-state index contributed by atoms with van der Waals surface area (Å²) in [4.78, 5) is 5.12. The van der Waals surface area contributed by atoms with Crippen molar-refractivity contribution in [2.45, 2.75) is 24.9 Å². The van der Waals surface area contributed by atoms with E-state index in [0.717, 1.165) is 4.88 Å². The van der Waals surface area contributed by atoms with Crippen molar-refractivity contribution < 1.29 is 5.11 Å². The summed E-state index contributed by atoms with van der Waals surface area (Å²) in [7, 11) is 0. The van der Waals surface area contributed by atoms with Crippen LogP contribution in [0.1, 0.15) is 23.8 Å². The van der Waals surface area contributed by atoms with Gasteiger partial charge in [0, 0.05) is 17.1 Å². The molecule has 4 heteroatoms. The Labute approximate surface area is 75.5 Å². The van der Waals surface area contributed by atoms with E-state index in [1.54, 1.807) is 16.8 Å². The van der Waals surface area contributed by atoms with E-state index in [1.165, 1.54) is 12.8 Å². The smallest absolute Gasteiger partial charge is 0.0794 e. The zero-order chi connectivity index (χ0) is 8.39. The SMILES string of the molecule is OCC(NC1CC1)c1cncs1. The molecule has 66 valence electrons. The Hall–Kier alpha value is -0.450. The van der Waals surface area contributed by atoms with Crippen LogP contribution in [-0.2, 0) is 0 Å². The molecule has 1 aliphatic carbocycles. The zero-order valence-electron chi connectivity index (χ0n) is 6.73. The number of nitrogens with one attached hydrogen (secondary N) is 1. The standard InChI is InChI=1S/C8H12N2OS/c11-4-7(10-6-1-2-6)8-3-9-5-12-8/h3,5-7,10-11H,1-2,4H2. The molecule has 1 aromatic rings. The normalized spacial score (nSPS) is 19.4. The Kier molecular flexibility index (Phi) is 2.39. The number of aromatic nitrogens is 1. The van der Waals surface area contributed by atoms with E-state index in [2.05, 4.69) is 10.3 Å². The fraction of sp³-hybridized carbons (Fsp3) is 0.625.